The van der Waals surface area contributed by atoms with Gasteiger partial charge in [0.15, 0.2) is 0 Å². The second-order valence-electron chi connectivity index (χ2n) is 6.24. The molecule has 6 heteroatoms. The van der Waals surface area contributed by atoms with E-state index < -0.39 is 0 Å². The van der Waals surface area contributed by atoms with Crippen molar-refractivity contribution in [2.75, 3.05) is 19.8 Å². The van der Waals surface area contributed by atoms with Crippen LogP contribution in [0.3, 0.4) is 0 Å². The zero-order chi connectivity index (χ0) is 17.9. The molecule has 2 aromatic rings. The molecule has 0 saturated carbocycles. The van der Waals surface area contributed by atoms with Gasteiger partial charge >= 0.3 is 0 Å². The maximum absolute atomic E-state index is 13.3. The molecule has 0 aromatic heterocycles. The Kier molecular flexibility index (Phi) is 5.62. The first kappa shape index (κ1) is 18.2. The second kappa shape index (κ2) is 7.73. The normalized spacial score (nSPS) is 16.4. The molecule has 1 saturated heterocycles. The summed E-state index contributed by atoms with van der Waals surface area (Å²) in [4.78, 5) is 12.5. The van der Waals surface area contributed by atoms with E-state index >= 15 is 0 Å². The third-order valence-electron chi connectivity index (χ3n) is 4.62. The predicted octanol–water partition coefficient (Wildman–Crippen LogP) is 4.61. The van der Waals surface area contributed by atoms with E-state index in [0.29, 0.717) is 35.4 Å². The number of hydrogen-bond donors (Lipinski definition) is 1. The van der Waals surface area contributed by atoms with Crippen LogP contribution in [0.15, 0.2) is 42.5 Å². The molecule has 132 valence electrons. The van der Waals surface area contributed by atoms with Gasteiger partial charge in [0.1, 0.15) is 5.82 Å². The number of halogens is 3. The van der Waals surface area contributed by atoms with Gasteiger partial charge in [0.2, 0.25) is 0 Å². The van der Waals surface area contributed by atoms with E-state index in [1.165, 1.54) is 12.1 Å². The van der Waals surface area contributed by atoms with Crippen LogP contribution in [0.4, 0.5) is 4.39 Å². The third kappa shape index (κ3) is 4.32. The molecule has 1 N–H and O–H groups in total. The smallest absolute Gasteiger partial charge is 0.251 e. The topological polar surface area (TPSA) is 38.3 Å². The van der Waals surface area contributed by atoms with Crippen LogP contribution in [0.2, 0.25) is 10.0 Å². The molecule has 3 nitrogen and oxygen atoms in total. The molecule has 0 bridgehead atoms. The van der Waals surface area contributed by atoms with E-state index in [4.69, 9.17) is 27.9 Å². The molecule has 2 aromatic carbocycles. The summed E-state index contributed by atoms with van der Waals surface area (Å²) >= 11 is 11.9. The Hall–Kier alpha value is -1.62. The molecule has 1 fully saturated rings. The molecule has 25 heavy (non-hydrogen) atoms. The van der Waals surface area contributed by atoms with Gasteiger partial charge in [-0.15, -0.1) is 0 Å². The number of ether oxygens (including phenoxy) is 1. The van der Waals surface area contributed by atoms with Gasteiger partial charge in [-0.25, -0.2) is 4.39 Å². The van der Waals surface area contributed by atoms with Crippen molar-refractivity contribution in [1.82, 2.24) is 5.32 Å². The van der Waals surface area contributed by atoms with E-state index in [-0.39, 0.29) is 17.1 Å². The lowest BCUT2D eigenvalue weighted by Gasteiger charge is -2.38. The summed E-state index contributed by atoms with van der Waals surface area (Å²) < 4.78 is 18.7. The molecule has 0 spiro atoms. The zero-order valence-electron chi connectivity index (χ0n) is 13.5. The Labute approximate surface area is 156 Å². The lowest BCUT2D eigenvalue weighted by molar-refractivity contribution is 0.0487. The number of nitrogens with one attached hydrogen (secondary N) is 1. The Bertz CT molecular complexity index is 738. The summed E-state index contributed by atoms with van der Waals surface area (Å²) in [7, 11) is 0. The summed E-state index contributed by atoms with van der Waals surface area (Å²) in [5, 5.41) is 3.80. The maximum atomic E-state index is 13.3. The Morgan fingerprint density at radius 2 is 1.68 bits per heavy atom. The molecule has 0 radical (unpaired) electrons. The minimum absolute atomic E-state index is 0.239. The van der Waals surface area contributed by atoms with Crippen molar-refractivity contribution in [2.24, 2.45) is 0 Å². The molecule has 0 atom stereocenters. The average molecular weight is 382 g/mol. The van der Waals surface area contributed by atoms with Gasteiger partial charge in [0.25, 0.3) is 5.91 Å². The van der Waals surface area contributed by atoms with Gasteiger partial charge < -0.3 is 10.1 Å². The van der Waals surface area contributed by atoms with Crippen LogP contribution in [0, 0.1) is 5.82 Å². The van der Waals surface area contributed by atoms with E-state index in [9.17, 15) is 9.18 Å². The van der Waals surface area contributed by atoms with Crippen LogP contribution < -0.4 is 5.32 Å². The highest BCUT2D eigenvalue weighted by molar-refractivity contribution is 6.35. The molecule has 0 aliphatic carbocycles. The van der Waals surface area contributed by atoms with Crippen LogP contribution >= 0.6 is 23.2 Å². The first-order chi connectivity index (χ1) is 12.0. The SMILES string of the molecule is O=C(NCC1(c2ccc(F)cc2)CCOCC1)c1cc(Cl)cc(Cl)c1. The number of carbonyl (C=O) groups excluding carboxylic acids is 1. The standard InChI is InChI=1S/C19H18Cl2FNO2/c20-15-9-13(10-16(21)11-15)18(24)23-12-19(5-7-25-8-6-19)14-1-3-17(22)4-2-14/h1-4,9-11H,5-8,12H2,(H,23,24). The van der Waals surface area contributed by atoms with Gasteiger partial charge in [0.05, 0.1) is 0 Å². The minimum atomic E-state index is -0.274. The van der Waals surface area contributed by atoms with Crippen LogP contribution in [-0.4, -0.2) is 25.7 Å². The maximum Gasteiger partial charge on any atom is 0.251 e. The number of benzene rings is 2. The van der Waals surface area contributed by atoms with Gasteiger partial charge in [0, 0.05) is 40.8 Å². The zero-order valence-corrected chi connectivity index (χ0v) is 15.0. The van der Waals surface area contributed by atoms with Gasteiger partial charge in [-0.3, -0.25) is 4.79 Å². The summed E-state index contributed by atoms with van der Waals surface area (Å²) in [6, 6.07) is 11.2. The highest BCUT2D eigenvalue weighted by Gasteiger charge is 2.35. The van der Waals surface area contributed by atoms with Gasteiger partial charge in [-0.05, 0) is 48.7 Å². The average Bonchev–Trinajstić information content (AvgIpc) is 2.60. The van der Waals surface area contributed by atoms with Crippen molar-refractivity contribution in [2.45, 2.75) is 18.3 Å². The molecular formula is C19H18Cl2FNO2. The first-order valence-electron chi connectivity index (χ1n) is 8.07. The Balaban J connectivity index is 1.79. The molecule has 1 heterocycles. The molecule has 1 amide bonds. The third-order valence-corrected chi connectivity index (χ3v) is 5.06. The molecule has 3 rings (SSSR count). The highest BCUT2D eigenvalue weighted by atomic mass is 35.5. The van der Waals surface area contributed by atoms with E-state index in [1.807, 2.05) is 0 Å². The largest absolute Gasteiger partial charge is 0.381 e. The summed E-state index contributed by atoms with van der Waals surface area (Å²) in [6.45, 7) is 1.65. The van der Waals surface area contributed by atoms with Crippen LogP contribution in [0.5, 0.6) is 0 Å². The fourth-order valence-corrected chi connectivity index (χ4v) is 3.70. The highest BCUT2D eigenvalue weighted by Crippen LogP contribution is 2.34. The van der Waals surface area contributed by atoms with Crippen molar-refractivity contribution in [3.8, 4) is 0 Å². The van der Waals surface area contributed by atoms with Crippen LogP contribution in [0.1, 0.15) is 28.8 Å². The van der Waals surface area contributed by atoms with Crippen molar-refractivity contribution in [3.63, 3.8) is 0 Å². The first-order valence-corrected chi connectivity index (χ1v) is 8.82. The fraction of sp³-hybridized carbons (Fsp3) is 0.316. The van der Waals surface area contributed by atoms with Gasteiger partial charge in [-0.2, -0.15) is 0 Å². The van der Waals surface area contributed by atoms with E-state index in [1.54, 1.807) is 30.3 Å². The van der Waals surface area contributed by atoms with Crippen molar-refractivity contribution in [1.29, 1.82) is 0 Å². The summed E-state index contributed by atoms with van der Waals surface area (Å²) in [6.07, 6.45) is 1.52. The number of rotatable bonds is 4. The number of amides is 1. The summed E-state index contributed by atoms with van der Waals surface area (Å²) in [5.74, 6) is -0.513. The number of carbonyl (C=O) groups is 1. The summed E-state index contributed by atoms with van der Waals surface area (Å²) in [5.41, 5.74) is 1.14. The molecule has 0 unspecified atom stereocenters. The van der Waals surface area contributed by atoms with E-state index in [0.717, 1.165) is 18.4 Å². The molecular weight excluding hydrogens is 364 g/mol. The van der Waals surface area contributed by atoms with Gasteiger partial charge in [-0.1, -0.05) is 35.3 Å². The van der Waals surface area contributed by atoms with Crippen molar-refractivity contribution < 1.29 is 13.9 Å². The Morgan fingerprint density at radius 1 is 1.08 bits per heavy atom. The second-order valence-corrected chi connectivity index (χ2v) is 7.11. The van der Waals surface area contributed by atoms with Crippen LogP contribution in [-0.2, 0) is 10.2 Å². The molecule has 1 aliphatic rings. The van der Waals surface area contributed by atoms with Crippen molar-refractivity contribution in [3.05, 3.63) is 69.5 Å². The fourth-order valence-electron chi connectivity index (χ4n) is 3.17. The quantitative estimate of drug-likeness (QED) is 0.839. The molecule has 1 aliphatic heterocycles. The Morgan fingerprint density at radius 3 is 2.28 bits per heavy atom. The number of hydrogen-bond acceptors (Lipinski definition) is 2. The monoisotopic (exact) mass is 381 g/mol. The predicted molar refractivity (Wildman–Crippen MR) is 96.9 cm³/mol. The van der Waals surface area contributed by atoms with Crippen molar-refractivity contribution >= 4 is 29.1 Å². The van der Waals surface area contributed by atoms with Crippen LogP contribution in [0.25, 0.3) is 0 Å². The van der Waals surface area contributed by atoms with E-state index in [2.05, 4.69) is 5.32 Å². The lowest BCUT2D eigenvalue weighted by Crippen LogP contribution is -2.44. The minimum Gasteiger partial charge on any atom is -0.381 e. The lowest BCUT2D eigenvalue weighted by atomic mass is 9.74.